The second-order valence-electron chi connectivity index (χ2n) is 2.57. The summed E-state index contributed by atoms with van der Waals surface area (Å²) in [4.78, 5) is 11.0. The normalized spacial score (nSPS) is 9.31. The zero-order valence-electron chi connectivity index (χ0n) is 7.09. The molecule has 0 aliphatic carbocycles. The number of carbonyl (C=O) groups is 1. The van der Waals surface area contributed by atoms with Crippen molar-refractivity contribution in [3.05, 3.63) is 48.4 Å². The van der Waals surface area contributed by atoms with Crippen LogP contribution in [0.25, 0.3) is 0 Å². The first-order valence-electron chi connectivity index (χ1n) is 3.87. The van der Waals surface area contributed by atoms with Gasteiger partial charge in [-0.1, -0.05) is 18.7 Å². The average molecular weight is 179 g/mol. The Bertz CT molecular complexity index is 305. The van der Waals surface area contributed by atoms with Crippen LogP contribution in [-0.2, 0) is 11.2 Å². The van der Waals surface area contributed by atoms with Crippen molar-refractivity contribution in [3.63, 3.8) is 0 Å². The highest BCUT2D eigenvalue weighted by atomic mass is 19.1. The van der Waals surface area contributed by atoms with Crippen molar-refractivity contribution >= 4 is 5.91 Å². The predicted octanol–water partition coefficient (Wildman–Crippen LogP) is 1.63. The molecule has 0 radical (unpaired) electrons. The number of hydrogen-bond acceptors (Lipinski definition) is 1. The lowest BCUT2D eigenvalue weighted by molar-refractivity contribution is -0.119. The van der Waals surface area contributed by atoms with E-state index in [9.17, 15) is 9.18 Å². The SMILES string of the molecule is C=CNC(=O)Cc1ccc(F)cc1. The lowest BCUT2D eigenvalue weighted by Crippen LogP contribution is -2.18. The standard InChI is InChI=1S/C10H10FNO/c1-2-12-10(13)7-8-3-5-9(11)6-4-8/h2-6H,1,7H2,(H,12,13). The topological polar surface area (TPSA) is 29.1 Å². The lowest BCUT2D eigenvalue weighted by atomic mass is 10.1. The van der Waals surface area contributed by atoms with Crippen LogP contribution in [0.15, 0.2) is 37.0 Å². The Morgan fingerprint density at radius 2 is 2.08 bits per heavy atom. The van der Waals surface area contributed by atoms with Crippen molar-refractivity contribution in [1.29, 1.82) is 0 Å². The Balaban J connectivity index is 2.59. The van der Waals surface area contributed by atoms with Gasteiger partial charge < -0.3 is 5.32 Å². The Morgan fingerprint density at radius 1 is 1.46 bits per heavy atom. The molecule has 1 aromatic rings. The van der Waals surface area contributed by atoms with Gasteiger partial charge >= 0.3 is 0 Å². The number of rotatable bonds is 3. The second kappa shape index (κ2) is 4.40. The van der Waals surface area contributed by atoms with Crippen LogP contribution < -0.4 is 5.32 Å². The van der Waals surface area contributed by atoms with Crippen LogP contribution >= 0.6 is 0 Å². The summed E-state index contributed by atoms with van der Waals surface area (Å²) in [6, 6.07) is 5.82. The molecule has 1 N–H and O–H groups in total. The molecule has 13 heavy (non-hydrogen) atoms. The van der Waals surface area contributed by atoms with Gasteiger partial charge in [-0.15, -0.1) is 0 Å². The molecule has 0 aromatic heterocycles. The van der Waals surface area contributed by atoms with Crippen LogP contribution in [-0.4, -0.2) is 5.91 Å². The fourth-order valence-corrected chi connectivity index (χ4v) is 0.953. The Morgan fingerprint density at radius 3 is 2.62 bits per heavy atom. The second-order valence-corrected chi connectivity index (χ2v) is 2.57. The van der Waals surface area contributed by atoms with Gasteiger partial charge in [0.15, 0.2) is 0 Å². The van der Waals surface area contributed by atoms with Crippen LogP contribution in [0, 0.1) is 5.82 Å². The van der Waals surface area contributed by atoms with Gasteiger partial charge in [0.25, 0.3) is 0 Å². The summed E-state index contributed by atoms with van der Waals surface area (Å²) in [5.74, 6) is -0.450. The highest BCUT2D eigenvalue weighted by Gasteiger charge is 2.00. The monoisotopic (exact) mass is 179 g/mol. The van der Waals surface area contributed by atoms with E-state index in [1.807, 2.05) is 0 Å². The molecule has 0 saturated carbocycles. The molecule has 0 bridgehead atoms. The molecule has 0 aliphatic heterocycles. The number of benzene rings is 1. The molecule has 0 unspecified atom stereocenters. The van der Waals surface area contributed by atoms with E-state index in [2.05, 4.69) is 11.9 Å². The number of hydrogen-bond donors (Lipinski definition) is 1. The fourth-order valence-electron chi connectivity index (χ4n) is 0.953. The van der Waals surface area contributed by atoms with Crippen LogP contribution in [0.1, 0.15) is 5.56 Å². The maximum absolute atomic E-state index is 12.5. The van der Waals surface area contributed by atoms with Crippen molar-refractivity contribution in [2.75, 3.05) is 0 Å². The van der Waals surface area contributed by atoms with E-state index in [4.69, 9.17) is 0 Å². The van der Waals surface area contributed by atoms with Crippen LogP contribution in [0.5, 0.6) is 0 Å². The first-order chi connectivity index (χ1) is 6.22. The smallest absolute Gasteiger partial charge is 0.228 e. The average Bonchev–Trinajstić information content (AvgIpc) is 2.09. The minimum Gasteiger partial charge on any atom is -0.333 e. The van der Waals surface area contributed by atoms with Gasteiger partial charge in [0.05, 0.1) is 6.42 Å². The van der Waals surface area contributed by atoms with E-state index >= 15 is 0 Å². The Hall–Kier alpha value is -1.64. The van der Waals surface area contributed by atoms with Crippen molar-refractivity contribution in [1.82, 2.24) is 5.32 Å². The molecule has 0 aliphatic rings. The summed E-state index contributed by atoms with van der Waals surface area (Å²) >= 11 is 0. The van der Waals surface area contributed by atoms with Gasteiger partial charge in [0, 0.05) is 0 Å². The lowest BCUT2D eigenvalue weighted by Gasteiger charge is -1.99. The van der Waals surface area contributed by atoms with Crippen molar-refractivity contribution in [3.8, 4) is 0 Å². The summed E-state index contributed by atoms with van der Waals surface area (Å²) in [6.45, 7) is 3.36. The molecule has 68 valence electrons. The maximum Gasteiger partial charge on any atom is 0.228 e. The van der Waals surface area contributed by atoms with E-state index in [1.54, 1.807) is 12.1 Å². The third-order valence-electron chi connectivity index (χ3n) is 1.54. The molecule has 1 amide bonds. The zero-order chi connectivity index (χ0) is 9.68. The molecular weight excluding hydrogens is 169 g/mol. The van der Waals surface area contributed by atoms with E-state index < -0.39 is 0 Å². The summed E-state index contributed by atoms with van der Waals surface area (Å²) in [6.07, 6.45) is 1.57. The Labute approximate surface area is 76.1 Å². The summed E-state index contributed by atoms with van der Waals surface area (Å²) in [5.41, 5.74) is 0.778. The molecule has 1 rings (SSSR count). The molecule has 0 heterocycles. The quantitative estimate of drug-likeness (QED) is 0.750. The minimum absolute atomic E-state index is 0.151. The number of halogens is 1. The zero-order valence-corrected chi connectivity index (χ0v) is 7.09. The first kappa shape index (κ1) is 9.45. The molecule has 0 saturated heterocycles. The van der Waals surface area contributed by atoms with Crippen LogP contribution in [0.4, 0.5) is 4.39 Å². The number of nitrogens with one attached hydrogen (secondary N) is 1. The van der Waals surface area contributed by atoms with E-state index in [0.29, 0.717) is 0 Å². The largest absolute Gasteiger partial charge is 0.333 e. The van der Waals surface area contributed by atoms with E-state index in [0.717, 1.165) is 5.56 Å². The highest BCUT2D eigenvalue weighted by molar-refractivity contribution is 5.79. The van der Waals surface area contributed by atoms with Crippen LogP contribution in [0.3, 0.4) is 0 Å². The molecule has 1 aromatic carbocycles. The summed E-state index contributed by atoms with van der Waals surface area (Å²) < 4.78 is 12.5. The van der Waals surface area contributed by atoms with Gasteiger partial charge in [-0.25, -0.2) is 4.39 Å². The van der Waals surface area contributed by atoms with Gasteiger partial charge in [0.1, 0.15) is 5.82 Å². The molecule has 0 atom stereocenters. The van der Waals surface area contributed by atoms with Crippen molar-refractivity contribution in [2.45, 2.75) is 6.42 Å². The molecule has 0 fully saturated rings. The highest BCUT2D eigenvalue weighted by Crippen LogP contribution is 2.03. The molecule has 0 spiro atoms. The summed E-state index contributed by atoms with van der Waals surface area (Å²) in [5, 5.41) is 2.44. The Kier molecular flexibility index (Phi) is 3.20. The van der Waals surface area contributed by atoms with Gasteiger partial charge in [-0.2, -0.15) is 0 Å². The van der Waals surface area contributed by atoms with Gasteiger partial charge in [0.2, 0.25) is 5.91 Å². The first-order valence-corrected chi connectivity index (χ1v) is 3.87. The number of amides is 1. The van der Waals surface area contributed by atoms with Crippen molar-refractivity contribution < 1.29 is 9.18 Å². The van der Waals surface area contributed by atoms with Crippen molar-refractivity contribution in [2.24, 2.45) is 0 Å². The fraction of sp³-hybridized carbons (Fsp3) is 0.100. The van der Waals surface area contributed by atoms with E-state index in [1.165, 1.54) is 18.3 Å². The van der Waals surface area contributed by atoms with Gasteiger partial charge in [-0.3, -0.25) is 4.79 Å². The number of carbonyl (C=O) groups excluding carboxylic acids is 1. The minimum atomic E-state index is -0.298. The molecular formula is C10H10FNO. The summed E-state index contributed by atoms with van der Waals surface area (Å²) in [7, 11) is 0. The third kappa shape index (κ3) is 3.07. The third-order valence-corrected chi connectivity index (χ3v) is 1.54. The van der Waals surface area contributed by atoms with E-state index in [-0.39, 0.29) is 18.1 Å². The van der Waals surface area contributed by atoms with Crippen LogP contribution in [0.2, 0.25) is 0 Å². The molecule has 3 heteroatoms. The molecule has 2 nitrogen and oxygen atoms in total. The maximum atomic E-state index is 12.5. The van der Waals surface area contributed by atoms with Gasteiger partial charge in [-0.05, 0) is 23.9 Å². The predicted molar refractivity (Wildman–Crippen MR) is 48.4 cm³/mol.